The Hall–Kier alpha value is -4.25. The van der Waals surface area contributed by atoms with E-state index < -0.39 is 0 Å². The van der Waals surface area contributed by atoms with E-state index in [1.54, 1.807) is 23.0 Å². The molecule has 4 aliphatic rings. The average molecular weight is 554 g/mol. The topological polar surface area (TPSA) is 112 Å². The number of amidine groups is 1. The summed E-state index contributed by atoms with van der Waals surface area (Å²) in [5.41, 5.74) is 3.60. The first kappa shape index (κ1) is 25.7. The largest absolute Gasteiger partial charge is 0.366 e. The van der Waals surface area contributed by atoms with Crippen molar-refractivity contribution in [2.75, 3.05) is 36.4 Å². The Morgan fingerprint density at radius 3 is 2.83 bits per heavy atom. The van der Waals surface area contributed by atoms with Gasteiger partial charge in [0.25, 0.3) is 5.56 Å². The number of aliphatic imine (C=N–C) groups is 3. The van der Waals surface area contributed by atoms with Gasteiger partial charge in [-0.25, -0.2) is 14.4 Å². The average Bonchev–Trinajstić information content (AvgIpc) is 3.44. The molecule has 10 nitrogen and oxygen atoms in total. The lowest BCUT2D eigenvalue weighted by Crippen LogP contribution is -2.49. The van der Waals surface area contributed by atoms with Crippen LogP contribution in [-0.4, -0.2) is 70.6 Å². The molecule has 2 aromatic heterocycles. The lowest BCUT2D eigenvalue weighted by atomic mass is 10.1. The fourth-order valence-electron chi connectivity index (χ4n) is 5.66. The second-order valence-electron chi connectivity index (χ2n) is 11.3. The fraction of sp³-hybridized carbons (Fsp3) is 0.400. The van der Waals surface area contributed by atoms with Crippen molar-refractivity contribution in [1.82, 2.24) is 19.9 Å². The maximum Gasteiger partial charge on any atom is 0.261 e. The molecule has 1 aromatic carbocycles. The van der Waals surface area contributed by atoms with Crippen molar-refractivity contribution in [3.8, 4) is 0 Å². The summed E-state index contributed by atoms with van der Waals surface area (Å²) in [7, 11) is 0. The van der Waals surface area contributed by atoms with E-state index >= 15 is 4.39 Å². The molecular formula is C30H32FN9O. The summed E-state index contributed by atoms with van der Waals surface area (Å²) < 4.78 is 16.9. The van der Waals surface area contributed by atoms with Crippen LogP contribution in [0.4, 0.5) is 21.7 Å². The SMILES string of the molecule is CC1CN(c2ccc(Nc3ncc4cc(C5=NC(C6=CCN=C6)=NC5C)c(=O)n(CC5CC5)c4n3)cc2F)CCN1. The Morgan fingerprint density at radius 1 is 1.20 bits per heavy atom. The molecule has 1 saturated heterocycles. The van der Waals surface area contributed by atoms with Crippen LogP contribution < -0.4 is 21.1 Å². The van der Waals surface area contributed by atoms with Gasteiger partial charge < -0.3 is 15.5 Å². The highest BCUT2D eigenvalue weighted by Crippen LogP contribution is 2.32. The molecule has 0 radical (unpaired) electrons. The summed E-state index contributed by atoms with van der Waals surface area (Å²) in [6, 6.07) is 6.97. The van der Waals surface area contributed by atoms with Crippen LogP contribution in [0.25, 0.3) is 11.0 Å². The predicted octanol–water partition coefficient (Wildman–Crippen LogP) is 3.48. The third-order valence-electron chi connectivity index (χ3n) is 8.00. The fourth-order valence-corrected chi connectivity index (χ4v) is 5.66. The van der Waals surface area contributed by atoms with Gasteiger partial charge >= 0.3 is 0 Å². The monoisotopic (exact) mass is 553 g/mol. The minimum atomic E-state index is -0.298. The van der Waals surface area contributed by atoms with Crippen molar-refractivity contribution < 1.29 is 4.39 Å². The number of hydrogen-bond acceptors (Lipinski definition) is 9. The first-order chi connectivity index (χ1) is 19.9. The molecule has 0 bridgehead atoms. The van der Waals surface area contributed by atoms with Crippen LogP contribution in [0, 0.1) is 11.7 Å². The van der Waals surface area contributed by atoms with E-state index in [1.807, 2.05) is 25.1 Å². The van der Waals surface area contributed by atoms with E-state index in [1.165, 1.54) is 6.07 Å². The first-order valence-corrected chi connectivity index (χ1v) is 14.3. The minimum Gasteiger partial charge on any atom is -0.366 e. The molecule has 0 spiro atoms. The third kappa shape index (κ3) is 5.06. The summed E-state index contributed by atoms with van der Waals surface area (Å²) in [5.74, 6) is 1.07. The van der Waals surface area contributed by atoms with Gasteiger partial charge in [0.15, 0.2) is 5.84 Å². The Labute approximate surface area is 236 Å². The molecule has 1 aliphatic carbocycles. The van der Waals surface area contributed by atoms with Crippen molar-refractivity contribution >= 4 is 46.1 Å². The van der Waals surface area contributed by atoms with Crippen molar-refractivity contribution in [2.45, 2.75) is 45.3 Å². The van der Waals surface area contributed by atoms with E-state index in [-0.39, 0.29) is 17.4 Å². The van der Waals surface area contributed by atoms with E-state index in [4.69, 9.17) is 9.98 Å². The number of rotatable bonds is 7. The Bertz CT molecular complexity index is 1720. The number of halogens is 1. The zero-order chi connectivity index (χ0) is 28.1. The first-order valence-electron chi connectivity index (χ1n) is 14.3. The van der Waals surface area contributed by atoms with Crippen LogP contribution in [0.1, 0.15) is 32.3 Å². The van der Waals surface area contributed by atoms with Gasteiger partial charge in [-0.15, -0.1) is 0 Å². The number of nitrogens with zero attached hydrogens (tertiary/aromatic N) is 7. The van der Waals surface area contributed by atoms with E-state index in [9.17, 15) is 4.79 Å². The standard InChI is InChI=1S/C30H32FN9O/c1-17-15-39(10-9-33-17)25-6-5-22(12-24(25)31)36-30-34-14-21-11-23(29(41)40(28(21)38-30)16-19-3-4-19)26-18(2)35-27(37-26)20-7-8-32-13-20/h5-7,11-14,17-19,33H,3-4,8-10,15-16H2,1-2H3,(H,34,36,38). The zero-order valence-electron chi connectivity index (χ0n) is 23.1. The molecule has 41 heavy (non-hydrogen) atoms. The van der Waals surface area contributed by atoms with Gasteiger partial charge in [0.1, 0.15) is 11.5 Å². The van der Waals surface area contributed by atoms with Gasteiger partial charge in [0.2, 0.25) is 5.95 Å². The summed E-state index contributed by atoms with van der Waals surface area (Å²) in [6.07, 6.45) is 7.64. The molecule has 3 aliphatic heterocycles. The van der Waals surface area contributed by atoms with Crippen LogP contribution in [0.15, 0.2) is 61.9 Å². The smallest absolute Gasteiger partial charge is 0.261 e. The molecule has 7 rings (SSSR count). The molecule has 2 N–H and O–H groups in total. The van der Waals surface area contributed by atoms with Crippen molar-refractivity contribution in [1.29, 1.82) is 0 Å². The number of benzene rings is 1. The predicted molar refractivity (Wildman–Crippen MR) is 161 cm³/mol. The van der Waals surface area contributed by atoms with E-state index in [0.717, 1.165) is 43.4 Å². The second kappa shape index (κ2) is 10.3. The van der Waals surface area contributed by atoms with E-state index in [2.05, 4.69) is 37.4 Å². The molecule has 5 heterocycles. The van der Waals surface area contributed by atoms with Crippen LogP contribution in [-0.2, 0) is 6.54 Å². The molecule has 3 aromatic rings. The number of nitrogens with one attached hydrogen (secondary N) is 2. The molecule has 0 amide bonds. The van der Waals surface area contributed by atoms with Crippen LogP contribution in [0.2, 0.25) is 0 Å². The van der Waals surface area contributed by atoms with Gasteiger partial charge in [-0.2, -0.15) is 4.98 Å². The van der Waals surface area contributed by atoms with Gasteiger partial charge in [0.05, 0.1) is 29.5 Å². The number of hydrogen-bond donors (Lipinski definition) is 2. The van der Waals surface area contributed by atoms with E-state index in [0.29, 0.717) is 65.1 Å². The number of pyridine rings is 1. The Balaban J connectivity index is 1.21. The van der Waals surface area contributed by atoms with Gasteiger partial charge in [-0.1, -0.05) is 6.08 Å². The highest BCUT2D eigenvalue weighted by Gasteiger charge is 2.29. The highest BCUT2D eigenvalue weighted by molar-refractivity contribution is 6.25. The second-order valence-corrected chi connectivity index (χ2v) is 11.3. The van der Waals surface area contributed by atoms with Gasteiger partial charge in [-0.3, -0.25) is 19.3 Å². The van der Waals surface area contributed by atoms with Crippen LogP contribution in [0.3, 0.4) is 0 Å². The maximum absolute atomic E-state index is 15.1. The van der Waals surface area contributed by atoms with Crippen molar-refractivity contribution in [3.05, 3.63) is 63.8 Å². The van der Waals surface area contributed by atoms with Crippen molar-refractivity contribution in [2.24, 2.45) is 20.9 Å². The summed E-state index contributed by atoms with van der Waals surface area (Å²) in [5, 5.41) is 7.26. The summed E-state index contributed by atoms with van der Waals surface area (Å²) >= 11 is 0. The number of fused-ring (bicyclic) bond motifs is 1. The minimum absolute atomic E-state index is 0.134. The molecule has 2 atom stereocenters. The molecule has 2 unspecified atom stereocenters. The van der Waals surface area contributed by atoms with Crippen LogP contribution >= 0.6 is 0 Å². The molecular weight excluding hydrogens is 521 g/mol. The lowest BCUT2D eigenvalue weighted by molar-refractivity contribution is 0.478. The molecule has 2 fully saturated rings. The summed E-state index contributed by atoms with van der Waals surface area (Å²) in [6.45, 7) is 7.58. The normalized spacial score (nSPS) is 22.2. The maximum atomic E-state index is 15.1. The summed E-state index contributed by atoms with van der Waals surface area (Å²) in [4.78, 5) is 38.9. The number of aromatic nitrogens is 3. The number of piperazine rings is 1. The van der Waals surface area contributed by atoms with Gasteiger partial charge in [0, 0.05) is 61.3 Å². The Morgan fingerprint density at radius 2 is 2.07 bits per heavy atom. The number of anilines is 3. The van der Waals surface area contributed by atoms with Crippen LogP contribution in [0.5, 0.6) is 0 Å². The molecule has 1 saturated carbocycles. The third-order valence-corrected chi connectivity index (χ3v) is 8.00. The highest BCUT2D eigenvalue weighted by atomic mass is 19.1. The molecule has 210 valence electrons. The Kier molecular flexibility index (Phi) is 6.45. The molecule has 11 heteroatoms. The zero-order valence-corrected chi connectivity index (χ0v) is 23.1. The quantitative estimate of drug-likeness (QED) is 0.463. The van der Waals surface area contributed by atoms with Crippen molar-refractivity contribution in [3.63, 3.8) is 0 Å². The lowest BCUT2D eigenvalue weighted by Gasteiger charge is -2.33. The van der Waals surface area contributed by atoms with Gasteiger partial charge in [-0.05, 0) is 56.9 Å².